The van der Waals surface area contributed by atoms with Crippen LogP contribution >= 0.6 is 0 Å². The van der Waals surface area contributed by atoms with Crippen LogP contribution in [0.3, 0.4) is 0 Å². The quantitative estimate of drug-likeness (QED) is 0.791. The van der Waals surface area contributed by atoms with Gasteiger partial charge < -0.3 is 9.72 Å². The van der Waals surface area contributed by atoms with Crippen LogP contribution in [0.1, 0.15) is 18.2 Å². The van der Waals surface area contributed by atoms with Crippen LogP contribution in [-0.2, 0) is 22.5 Å². The molecule has 94 valence electrons. The molecule has 0 saturated heterocycles. The molecule has 0 saturated carbocycles. The molecular weight excluding hydrogens is 228 g/mol. The number of fused-ring (bicyclic) bond motifs is 3. The van der Waals surface area contributed by atoms with Gasteiger partial charge in [0, 0.05) is 29.6 Å². The molecule has 0 fully saturated rings. The van der Waals surface area contributed by atoms with Crippen LogP contribution in [0.4, 0.5) is 0 Å². The summed E-state index contributed by atoms with van der Waals surface area (Å²) in [6, 6.07) is 7.97. The lowest BCUT2D eigenvalue weighted by molar-refractivity contribution is -0.145. The van der Waals surface area contributed by atoms with Crippen molar-refractivity contribution in [3.63, 3.8) is 0 Å². The standard InChI is InChI=1S/C14H16N2O2/c1-2-18-14(17)12-7-10-9-5-3-4-6-11(9)16-13(10)8-15-12/h3-6,12,15-16H,2,7-8H2,1H3/t12-/m1/s1. The highest BCUT2D eigenvalue weighted by molar-refractivity contribution is 5.86. The fourth-order valence-electron chi connectivity index (χ4n) is 2.55. The van der Waals surface area contributed by atoms with E-state index in [-0.39, 0.29) is 12.0 Å². The molecule has 1 aromatic heterocycles. The molecule has 2 N–H and O–H groups in total. The topological polar surface area (TPSA) is 54.1 Å². The van der Waals surface area contributed by atoms with Crippen molar-refractivity contribution in [2.75, 3.05) is 6.61 Å². The van der Waals surface area contributed by atoms with Crippen molar-refractivity contribution in [1.29, 1.82) is 0 Å². The lowest BCUT2D eigenvalue weighted by atomic mass is 9.99. The Labute approximate surface area is 105 Å². The maximum Gasteiger partial charge on any atom is 0.323 e. The third-order valence-corrected chi connectivity index (χ3v) is 3.41. The minimum Gasteiger partial charge on any atom is -0.465 e. The zero-order valence-corrected chi connectivity index (χ0v) is 10.3. The molecule has 4 nitrogen and oxygen atoms in total. The molecule has 2 aromatic rings. The number of para-hydroxylation sites is 1. The molecule has 0 aliphatic carbocycles. The largest absolute Gasteiger partial charge is 0.465 e. The van der Waals surface area contributed by atoms with E-state index >= 15 is 0 Å². The molecule has 0 amide bonds. The van der Waals surface area contributed by atoms with E-state index in [1.807, 2.05) is 19.1 Å². The fraction of sp³-hybridized carbons (Fsp3) is 0.357. The lowest BCUT2D eigenvalue weighted by Gasteiger charge is -2.22. The van der Waals surface area contributed by atoms with Crippen molar-refractivity contribution in [1.82, 2.24) is 10.3 Å². The van der Waals surface area contributed by atoms with Gasteiger partial charge in [0.1, 0.15) is 6.04 Å². The Kier molecular flexibility index (Phi) is 2.80. The normalized spacial score (nSPS) is 18.6. The Balaban J connectivity index is 1.94. The van der Waals surface area contributed by atoms with Gasteiger partial charge in [-0.05, 0) is 18.6 Å². The van der Waals surface area contributed by atoms with Crippen molar-refractivity contribution in [3.05, 3.63) is 35.5 Å². The van der Waals surface area contributed by atoms with E-state index in [2.05, 4.69) is 22.4 Å². The number of nitrogens with one attached hydrogen (secondary N) is 2. The fourth-order valence-corrected chi connectivity index (χ4v) is 2.55. The van der Waals surface area contributed by atoms with E-state index in [1.54, 1.807) is 0 Å². The maximum atomic E-state index is 11.8. The monoisotopic (exact) mass is 244 g/mol. The number of aromatic nitrogens is 1. The van der Waals surface area contributed by atoms with Gasteiger partial charge in [-0.1, -0.05) is 18.2 Å². The summed E-state index contributed by atoms with van der Waals surface area (Å²) in [5.41, 5.74) is 3.55. The third kappa shape index (κ3) is 1.78. The van der Waals surface area contributed by atoms with Crippen LogP contribution in [0, 0.1) is 0 Å². The number of carbonyl (C=O) groups is 1. The molecule has 4 heteroatoms. The van der Waals surface area contributed by atoms with Crippen molar-refractivity contribution in [3.8, 4) is 0 Å². The van der Waals surface area contributed by atoms with Crippen LogP contribution in [0.5, 0.6) is 0 Å². The molecule has 0 spiro atoms. The summed E-state index contributed by atoms with van der Waals surface area (Å²) in [5.74, 6) is -0.159. The summed E-state index contributed by atoms with van der Waals surface area (Å²) < 4.78 is 5.07. The Morgan fingerprint density at radius 2 is 2.28 bits per heavy atom. The number of esters is 1. The second-order valence-corrected chi connectivity index (χ2v) is 4.52. The van der Waals surface area contributed by atoms with Crippen LogP contribution < -0.4 is 5.32 Å². The average molecular weight is 244 g/mol. The smallest absolute Gasteiger partial charge is 0.323 e. The molecule has 3 rings (SSSR count). The first-order valence-corrected chi connectivity index (χ1v) is 6.28. The van der Waals surface area contributed by atoms with E-state index in [9.17, 15) is 4.79 Å². The Morgan fingerprint density at radius 3 is 3.11 bits per heavy atom. The number of hydrogen-bond donors (Lipinski definition) is 2. The van der Waals surface area contributed by atoms with Gasteiger partial charge in [0.05, 0.1) is 6.61 Å². The number of H-pyrrole nitrogens is 1. The molecule has 2 heterocycles. The van der Waals surface area contributed by atoms with Gasteiger partial charge in [0.15, 0.2) is 0 Å². The number of hydrogen-bond acceptors (Lipinski definition) is 3. The summed E-state index contributed by atoms with van der Waals surface area (Å²) in [6.45, 7) is 2.95. The summed E-state index contributed by atoms with van der Waals surface area (Å²) >= 11 is 0. The molecule has 18 heavy (non-hydrogen) atoms. The minimum absolute atomic E-state index is 0.159. The second-order valence-electron chi connectivity index (χ2n) is 4.52. The lowest BCUT2D eigenvalue weighted by Crippen LogP contribution is -2.42. The van der Waals surface area contributed by atoms with E-state index in [0.717, 1.165) is 5.52 Å². The first-order chi connectivity index (χ1) is 8.79. The van der Waals surface area contributed by atoms with Gasteiger partial charge in [-0.3, -0.25) is 10.1 Å². The molecule has 1 atom stereocenters. The first kappa shape index (κ1) is 11.3. The second kappa shape index (κ2) is 4.46. The van der Waals surface area contributed by atoms with Crippen LogP contribution in [0.25, 0.3) is 10.9 Å². The van der Waals surface area contributed by atoms with Crippen molar-refractivity contribution in [2.45, 2.75) is 25.9 Å². The molecule has 0 radical (unpaired) electrons. The van der Waals surface area contributed by atoms with E-state index < -0.39 is 0 Å². The number of aromatic amines is 1. The van der Waals surface area contributed by atoms with Crippen molar-refractivity contribution < 1.29 is 9.53 Å². The number of ether oxygens (including phenoxy) is 1. The highest BCUT2D eigenvalue weighted by Gasteiger charge is 2.27. The first-order valence-electron chi connectivity index (χ1n) is 6.28. The van der Waals surface area contributed by atoms with Gasteiger partial charge >= 0.3 is 5.97 Å². The van der Waals surface area contributed by atoms with Crippen LogP contribution in [0.2, 0.25) is 0 Å². The Bertz CT molecular complexity index is 588. The van der Waals surface area contributed by atoms with Gasteiger partial charge in [0.25, 0.3) is 0 Å². The maximum absolute atomic E-state index is 11.8. The molecule has 1 aromatic carbocycles. The summed E-state index contributed by atoms with van der Waals surface area (Å²) in [7, 11) is 0. The zero-order chi connectivity index (χ0) is 12.5. The van der Waals surface area contributed by atoms with E-state index in [4.69, 9.17) is 4.74 Å². The summed E-state index contributed by atoms with van der Waals surface area (Å²) in [5, 5.41) is 4.43. The van der Waals surface area contributed by atoms with E-state index in [0.29, 0.717) is 19.6 Å². The van der Waals surface area contributed by atoms with Gasteiger partial charge in [0.2, 0.25) is 0 Å². The predicted molar refractivity (Wildman–Crippen MR) is 69.3 cm³/mol. The molecular formula is C14H16N2O2. The molecule has 1 aliphatic heterocycles. The van der Waals surface area contributed by atoms with Crippen molar-refractivity contribution in [2.24, 2.45) is 0 Å². The van der Waals surface area contributed by atoms with Gasteiger partial charge in [-0.25, -0.2) is 0 Å². The van der Waals surface area contributed by atoms with Crippen LogP contribution in [-0.4, -0.2) is 23.6 Å². The van der Waals surface area contributed by atoms with Crippen molar-refractivity contribution >= 4 is 16.9 Å². The third-order valence-electron chi connectivity index (χ3n) is 3.41. The molecule has 1 aliphatic rings. The SMILES string of the molecule is CCOC(=O)[C@H]1Cc2c([nH]c3ccccc23)CN1. The number of carbonyl (C=O) groups excluding carboxylic acids is 1. The highest BCUT2D eigenvalue weighted by Crippen LogP contribution is 2.26. The minimum atomic E-state index is -0.225. The van der Waals surface area contributed by atoms with Gasteiger partial charge in [-0.15, -0.1) is 0 Å². The highest BCUT2D eigenvalue weighted by atomic mass is 16.5. The number of rotatable bonds is 2. The van der Waals surface area contributed by atoms with Gasteiger partial charge in [-0.2, -0.15) is 0 Å². The zero-order valence-electron chi connectivity index (χ0n) is 10.3. The number of benzene rings is 1. The average Bonchev–Trinajstić information content (AvgIpc) is 2.76. The van der Waals surface area contributed by atoms with Crippen LogP contribution in [0.15, 0.2) is 24.3 Å². The Hall–Kier alpha value is -1.81. The summed E-state index contributed by atoms with van der Waals surface area (Å²) in [4.78, 5) is 15.2. The van der Waals surface area contributed by atoms with E-state index in [1.165, 1.54) is 16.6 Å². The Morgan fingerprint density at radius 1 is 1.44 bits per heavy atom. The summed E-state index contributed by atoms with van der Waals surface area (Å²) in [6.07, 6.45) is 0.693. The molecule has 0 bridgehead atoms. The predicted octanol–water partition coefficient (Wildman–Crippen LogP) is 1.75. The molecule has 0 unspecified atom stereocenters.